The first-order chi connectivity index (χ1) is 10.7. The molecule has 4 nitrogen and oxygen atoms in total. The van der Waals surface area contributed by atoms with Crippen molar-refractivity contribution in [1.29, 1.82) is 0 Å². The molecular weight excluding hydrogens is 281 g/mol. The number of carbonyl (C=O) groups is 1. The van der Waals surface area contributed by atoms with Gasteiger partial charge in [0.25, 0.3) is 5.91 Å². The monoisotopic (exact) mass is 295 g/mol. The van der Waals surface area contributed by atoms with Crippen molar-refractivity contribution in [1.82, 2.24) is 14.3 Å². The van der Waals surface area contributed by atoms with Crippen LogP contribution < -0.4 is 0 Å². The molecule has 0 saturated carbocycles. The van der Waals surface area contributed by atoms with Gasteiger partial charge in [-0.1, -0.05) is 0 Å². The van der Waals surface area contributed by atoms with Gasteiger partial charge in [0.05, 0.1) is 11.3 Å². The average molecular weight is 295 g/mol. The summed E-state index contributed by atoms with van der Waals surface area (Å²) in [6, 6.07) is 9.86. The zero-order valence-electron chi connectivity index (χ0n) is 11.9. The summed E-state index contributed by atoms with van der Waals surface area (Å²) in [7, 11) is 0. The van der Waals surface area contributed by atoms with Crippen molar-refractivity contribution in [2.75, 3.05) is 13.1 Å². The highest BCUT2D eigenvalue weighted by atomic mass is 19.1. The van der Waals surface area contributed by atoms with Crippen LogP contribution >= 0.6 is 0 Å². The Morgan fingerprint density at radius 2 is 1.82 bits per heavy atom. The molecule has 3 heterocycles. The first kappa shape index (κ1) is 13.0. The first-order valence-corrected chi connectivity index (χ1v) is 7.25. The van der Waals surface area contributed by atoms with Gasteiger partial charge in [0.2, 0.25) is 0 Å². The third kappa shape index (κ3) is 2.15. The number of halogens is 1. The van der Waals surface area contributed by atoms with Crippen LogP contribution in [0, 0.1) is 5.82 Å². The number of carbonyl (C=O) groups excluding carboxylic acids is 1. The van der Waals surface area contributed by atoms with E-state index in [2.05, 4.69) is 4.98 Å². The molecule has 2 aromatic heterocycles. The fraction of sp³-hybridized carbons (Fsp3) is 0.176. The summed E-state index contributed by atoms with van der Waals surface area (Å²) in [5.74, 6) is -0.208. The van der Waals surface area contributed by atoms with Gasteiger partial charge in [0, 0.05) is 31.0 Å². The summed E-state index contributed by atoms with van der Waals surface area (Å²) in [6.07, 6.45) is 4.74. The molecule has 110 valence electrons. The molecule has 0 bridgehead atoms. The topological polar surface area (TPSA) is 37.6 Å². The SMILES string of the molecule is O=C(c1ccc2nc(-c3ccc(F)cc3)cn2c1)N1CCC1. The van der Waals surface area contributed by atoms with Gasteiger partial charge < -0.3 is 9.30 Å². The van der Waals surface area contributed by atoms with Gasteiger partial charge in [-0.25, -0.2) is 9.37 Å². The van der Waals surface area contributed by atoms with Crippen LogP contribution in [0.3, 0.4) is 0 Å². The number of pyridine rings is 1. The quantitative estimate of drug-likeness (QED) is 0.729. The maximum absolute atomic E-state index is 13.0. The Bertz CT molecular complexity index is 850. The Kier molecular flexibility index (Phi) is 2.92. The molecule has 3 aromatic rings. The highest BCUT2D eigenvalue weighted by molar-refractivity contribution is 5.94. The molecule has 0 aliphatic carbocycles. The first-order valence-electron chi connectivity index (χ1n) is 7.25. The summed E-state index contributed by atoms with van der Waals surface area (Å²) in [5.41, 5.74) is 3.03. The van der Waals surface area contributed by atoms with E-state index in [4.69, 9.17) is 0 Å². The Labute approximate surface area is 126 Å². The van der Waals surface area contributed by atoms with Gasteiger partial charge in [-0.2, -0.15) is 0 Å². The molecule has 1 fully saturated rings. The zero-order chi connectivity index (χ0) is 15.1. The van der Waals surface area contributed by atoms with Crippen LogP contribution in [0.5, 0.6) is 0 Å². The molecule has 0 unspecified atom stereocenters. The molecule has 0 N–H and O–H groups in total. The molecule has 1 amide bonds. The van der Waals surface area contributed by atoms with Gasteiger partial charge in [0.15, 0.2) is 0 Å². The molecule has 22 heavy (non-hydrogen) atoms. The van der Waals surface area contributed by atoms with Crippen molar-refractivity contribution in [2.24, 2.45) is 0 Å². The minimum absolute atomic E-state index is 0.0604. The minimum atomic E-state index is -0.269. The Morgan fingerprint density at radius 3 is 2.50 bits per heavy atom. The largest absolute Gasteiger partial charge is 0.338 e. The van der Waals surface area contributed by atoms with E-state index in [9.17, 15) is 9.18 Å². The van der Waals surface area contributed by atoms with Gasteiger partial charge in [-0.15, -0.1) is 0 Å². The Balaban J connectivity index is 1.71. The number of benzene rings is 1. The van der Waals surface area contributed by atoms with E-state index in [1.54, 1.807) is 24.4 Å². The second-order valence-electron chi connectivity index (χ2n) is 5.46. The molecule has 1 aliphatic heterocycles. The summed E-state index contributed by atoms with van der Waals surface area (Å²) < 4.78 is 14.8. The Morgan fingerprint density at radius 1 is 1.05 bits per heavy atom. The lowest BCUT2D eigenvalue weighted by atomic mass is 10.1. The summed E-state index contributed by atoms with van der Waals surface area (Å²) in [6.45, 7) is 1.67. The third-order valence-corrected chi connectivity index (χ3v) is 3.98. The van der Waals surface area contributed by atoms with Crippen molar-refractivity contribution >= 4 is 11.6 Å². The molecule has 4 rings (SSSR count). The second-order valence-corrected chi connectivity index (χ2v) is 5.46. The van der Waals surface area contributed by atoms with Crippen molar-refractivity contribution in [3.8, 4) is 11.3 Å². The average Bonchev–Trinajstić information content (AvgIpc) is 2.89. The third-order valence-electron chi connectivity index (χ3n) is 3.98. The van der Waals surface area contributed by atoms with Gasteiger partial charge in [-0.3, -0.25) is 4.79 Å². The van der Waals surface area contributed by atoms with Crippen LogP contribution in [0.25, 0.3) is 16.9 Å². The molecule has 0 spiro atoms. The maximum atomic E-state index is 13.0. The van der Waals surface area contributed by atoms with E-state index in [0.717, 1.165) is 36.4 Å². The van der Waals surface area contributed by atoms with Crippen molar-refractivity contribution in [3.63, 3.8) is 0 Å². The number of hydrogen-bond acceptors (Lipinski definition) is 2. The number of rotatable bonds is 2. The van der Waals surface area contributed by atoms with E-state index in [0.29, 0.717) is 5.56 Å². The highest BCUT2D eigenvalue weighted by Crippen LogP contribution is 2.20. The summed E-state index contributed by atoms with van der Waals surface area (Å²) in [5, 5.41) is 0. The number of nitrogens with zero attached hydrogens (tertiary/aromatic N) is 3. The smallest absolute Gasteiger partial charge is 0.255 e. The van der Waals surface area contributed by atoms with Crippen molar-refractivity contribution in [3.05, 3.63) is 60.2 Å². The predicted molar refractivity (Wildman–Crippen MR) is 81.1 cm³/mol. The normalized spacial score (nSPS) is 14.1. The number of fused-ring (bicyclic) bond motifs is 1. The molecule has 0 atom stereocenters. The molecular formula is C17H14FN3O. The van der Waals surface area contributed by atoms with Crippen LogP contribution in [0.15, 0.2) is 48.8 Å². The van der Waals surface area contributed by atoms with Gasteiger partial charge in [-0.05, 0) is 42.8 Å². The summed E-state index contributed by atoms with van der Waals surface area (Å²) >= 11 is 0. The molecule has 1 aliphatic rings. The van der Waals surface area contributed by atoms with Crippen LogP contribution in [-0.4, -0.2) is 33.3 Å². The zero-order valence-corrected chi connectivity index (χ0v) is 11.9. The standard InChI is InChI=1S/C17H14FN3O/c18-14-5-2-12(3-6-14)15-11-21-10-13(4-7-16(21)19-15)17(22)20-8-1-9-20/h2-7,10-11H,1,8-9H2. The molecule has 0 radical (unpaired) electrons. The number of likely N-dealkylation sites (tertiary alicyclic amines) is 1. The van der Waals surface area contributed by atoms with Crippen LogP contribution in [0.1, 0.15) is 16.8 Å². The minimum Gasteiger partial charge on any atom is -0.338 e. The fourth-order valence-electron chi connectivity index (χ4n) is 2.58. The van der Waals surface area contributed by atoms with Crippen molar-refractivity contribution < 1.29 is 9.18 Å². The molecule has 1 aromatic carbocycles. The van der Waals surface area contributed by atoms with Gasteiger partial charge >= 0.3 is 0 Å². The van der Waals surface area contributed by atoms with Crippen LogP contribution in [0.4, 0.5) is 4.39 Å². The Hall–Kier alpha value is -2.69. The van der Waals surface area contributed by atoms with E-state index in [1.165, 1.54) is 12.1 Å². The lowest BCUT2D eigenvalue weighted by Gasteiger charge is -2.30. The summed E-state index contributed by atoms with van der Waals surface area (Å²) in [4.78, 5) is 18.6. The lowest BCUT2D eigenvalue weighted by Crippen LogP contribution is -2.42. The van der Waals surface area contributed by atoms with Crippen LogP contribution in [0.2, 0.25) is 0 Å². The lowest BCUT2D eigenvalue weighted by molar-refractivity contribution is 0.0651. The van der Waals surface area contributed by atoms with Crippen LogP contribution in [-0.2, 0) is 0 Å². The van der Waals surface area contributed by atoms with Gasteiger partial charge in [0.1, 0.15) is 11.5 Å². The number of amides is 1. The second kappa shape index (κ2) is 4.94. The molecule has 1 saturated heterocycles. The fourth-order valence-corrected chi connectivity index (χ4v) is 2.58. The number of imidazole rings is 1. The number of hydrogen-bond donors (Lipinski definition) is 0. The molecule has 5 heteroatoms. The predicted octanol–water partition coefficient (Wildman–Crippen LogP) is 2.99. The van der Waals surface area contributed by atoms with E-state index in [-0.39, 0.29) is 11.7 Å². The maximum Gasteiger partial charge on any atom is 0.255 e. The van der Waals surface area contributed by atoms with E-state index < -0.39 is 0 Å². The van der Waals surface area contributed by atoms with E-state index >= 15 is 0 Å². The van der Waals surface area contributed by atoms with E-state index in [1.807, 2.05) is 21.6 Å². The van der Waals surface area contributed by atoms with Crippen molar-refractivity contribution in [2.45, 2.75) is 6.42 Å². The number of aromatic nitrogens is 2. The highest BCUT2D eigenvalue weighted by Gasteiger charge is 2.21.